The van der Waals surface area contributed by atoms with Crippen LogP contribution in [0.4, 0.5) is 0 Å². The Bertz CT molecular complexity index is 1150. The van der Waals surface area contributed by atoms with E-state index in [0.717, 1.165) is 75.5 Å². The predicted octanol–water partition coefficient (Wildman–Crippen LogP) is 14.6. The van der Waals surface area contributed by atoms with Gasteiger partial charge < -0.3 is 20.1 Å². The first-order valence-corrected chi connectivity index (χ1v) is 27.7. The zero-order valence-corrected chi connectivity index (χ0v) is 41.4. The maximum Gasteiger partial charge on any atom is 0.328 e. The lowest BCUT2D eigenvalue weighted by Crippen LogP contribution is -2.49. The second-order valence-corrected chi connectivity index (χ2v) is 21.0. The Morgan fingerprint density at radius 1 is 0.476 bits per heavy atom. The summed E-state index contributed by atoms with van der Waals surface area (Å²) in [6, 6.07) is -0.957. The number of nitrogens with one attached hydrogen (secondary N) is 2. The summed E-state index contributed by atoms with van der Waals surface area (Å²) in [5.74, 6) is 0.906. The summed E-state index contributed by atoms with van der Waals surface area (Å²) in [6.07, 6.45) is 49.2. The van der Waals surface area contributed by atoms with E-state index in [1.54, 1.807) is 0 Å². The van der Waals surface area contributed by atoms with Crippen molar-refractivity contribution >= 4 is 23.8 Å². The van der Waals surface area contributed by atoms with E-state index in [1.165, 1.54) is 186 Å². The number of esters is 2. The molecule has 4 rings (SSSR count). The molecule has 4 saturated carbocycles. The zero-order chi connectivity index (χ0) is 45.1. The van der Waals surface area contributed by atoms with Crippen LogP contribution in [0.25, 0.3) is 0 Å². The van der Waals surface area contributed by atoms with Gasteiger partial charge in [0.1, 0.15) is 6.04 Å². The molecular weight excluding hydrogens is 785 g/mol. The first-order chi connectivity index (χ1) is 30.8. The lowest BCUT2D eigenvalue weighted by Gasteiger charge is -2.56. The summed E-state index contributed by atoms with van der Waals surface area (Å²) in [6.45, 7) is 5.05. The molecule has 8 heteroatoms. The van der Waals surface area contributed by atoms with Crippen LogP contribution in [0.2, 0.25) is 0 Å². The standard InChI is InChI=1S/C55H100N2O6/c1-3-5-7-9-11-13-15-17-19-21-23-25-27-29-31-33-37-62-53(60)36-35-50(54(61)63-38-34-32-30-28-26-24-22-20-18-16-14-12-10-8-6-4-2)57-52(59)46-56-51(58)45-55-42-47-39-48(43-55)41-49(40-47)44-55/h47-50H,3-46H2,1-2H3,(H,56,58)(H,57,59)/t47?,48?,49?,50-,55?/m0/s1. The average Bonchev–Trinajstić information content (AvgIpc) is 3.25. The van der Waals surface area contributed by atoms with E-state index in [9.17, 15) is 19.2 Å². The van der Waals surface area contributed by atoms with Gasteiger partial charge in [-0.1, -0.05) is 206 Å². The predicted molar refractivity (Wildman–Crippen MR) is 260 cm³/mol. The smallest absolute Gasteiger partial charge is 0.328 e. The molecule has 1 atom stereocenters. The number of amides is 2. The molecule has 366 valence electrons. The van der Waals surface area contributed by atoms with Crippen molar-refractivity contribution < 1.29 is 28.7 Å². The highest BCUT2D eigenvalue weighted by molar-refractivity contribution is 5.88. The minimum Gasteiger partial charge on any atom is -0.466 e. The third-order valence-electron chi connectivity index (χ3n) is 14.9. The maximum atomic E-state index is 13.3. The van der Waals surface area contributed by atoms with Gasteiger partial charge in [0.25, 0.3) is 0 Å². The van der Waals surface area contributed by atoms with Gasteiger partial charge in [0.15, 0.2) is 0 Å². The van der Waals surface area contributed by atoms with E-state index < -0.39 is 17.9 Å². The molecule has 0 aromatic carbocycles. The van der Waals surface area contributed by atoms with Gasteiger partial charge in [0.05, 0.1) is 19.8 Å². The minimum absolute atomic E-state index is 0.0241. The van der Waals surface area contributed by atoms with E-state index in [0.29, 0.717) is 19.6 Å². The molecule has 0 aromatic rings. The molecule has 0 aromatic heterocycles. The van der Waals surface area contributed by atoms with E-state index in [-0.39, 0.29) is 36.7 Å². The Labute approximate surface area is 387 Å². The normalized spacial score (nSPS) is 20.4. The van der Waals surface area contributed by atoms with Crippen LogP contribution in [-0.2, 0) is 28.7 Å². The quantitative estimate of drug-likeness (QED) is 0.0466. The van der Waals surface area contributed by atoms with Crippen molar-refractivity contribution in [2.75, 3.05) is 19.8 Å². The highest BCUT2D eigenvalue weighted by atomic mass is 16.5. The molecule has 4 bridgehead atoms. The van der Waals surface area contributed by atoms with Crippen LogP contribution < -0.4 is 10.6 Å². The first kappa shape index (κ1) is 55.2. The van der Waals surface area contributed by atoms with Gasteiger partial charge >= 0.3 is 11.9 Å². The first-order valence-electron chi connectivity index (χ1n) is 27.7. The van der Waals surface area contributed by atoms with Crippen LogP contribution in [0, 0.1) is 23.2 Å². The molecule has 2 amide bonds. The molecule has 0 aliphatic heterocycles. The van der Waals surface area contributed by atoms with Gasteiger partial charge in [-0.25, -0.2) is 4.79 Å². The van der Waals surface area contributed by atoms with Crippen molar-refractivity contribution in [2.24, 2.45) is 23.2 Å². The number of hydrogen-bond donors (Lipinski definition) is 2. The SMILES string of the molecule is CCCCCCCCCCCCCCCCCCOC(=O)CC[C@H](NC(=O)CNC(=O)CC12CC3CC(CC(C3)C1)C2)C(=O)OCCCCCCCCCCCCCCCCCC. The van der Waals surface area contributed by atoms with Crippen molar-refractivity contribution in [3.63, 3.8) is 0 Å². The number of carbonyl (C=O) groups excluding carboxylic acids is 4. The van der Waals surface area contributed by atoms with Crippen LogP contribution in [0.1, 0.15) is 277 Å². The maximum absolute atomic E-state index is 13.3. The highest BCUT2D eigenvalue weighted by Crippen LogP contribution is 2.61. The molecule has 0 unspecified atom stereocenters. The van der Waals surface area contributed by atoms with Crippen molar-refractivity contribution in [1.29, 1.82) is 0 Å². The Morgan fingerprint density at radius 3 is 1.21 bits per heavy atom. The van der Waals surface area contributed by atoms with Crippen LogP contribution >= 0.6 is 0 Å². The van der Waals surface area contributed by atoms with E-state index in [4.69, 9.17) is 9.47 Å². The van der Waals surface area contributed by atoms with Gasteiger partial charge in [-0.05, 0) is 81.0 Å². The molecule has 4 fully saturated rings. The number of ether oxygens (including phenoxy) is 2. The lowest BCUT2D eigenvalue weighted by molar-refractivity contribution is -0.149. The summed E-state index contributed by atoms with van der Waals surface area (Å²) in [4.78, 5) is 52.2. The van der Waals surface area contributed by atoms with Gasteiger partial charge in [0, 0.05) is 12.8 Å². The zero-order valence-electron chi connectivity index (χ0n) is 41.4. The van der Waals surface area contributed by atoms with Crippen molar-refractivity contribution in [3.05, 3.63) is 0 Å². The van der Waals surface area contributed by atoms with Gasteiger partial charge in [-0.15, -0.1) is 0 Å². The average molecular weight is 885 g/mol. The third kappa shape index (κ3) is 27.2. The summed E-state index contributed by atoms with van der Waals surface area (Å²) < 4.78 is 11.2. The molecule has 2 N–H and O–H groups in total. The molecule has 0 spiro atoms. The summed E-state index contributed by atoms with van der Waals surface area (Å²) in [7, 11) is 0. The van der Waals surface area contributed by atoms with Gasteiger partial charge in [-0.3, -0.25) is 14.4 Å². The number of carbonyl (C=O) groups is 4. The lowest BCUT2D eigenvalue weighted by atomic mass is 9.49. The Balaban J connectivity index is 1.26. The second-order valence-electron chi connectivity index (χ2n) is 21.0. The molecule has 4 aliphatic carbocycles. The Morgan fingerprint density at radius 2 is 0.825 bits per heavy atom. The fraction of sp³-hybridized carbons (Fsp3) is 0.927. The fourth-order valence-electron chi connectivity index (χ4n) is 11.7. The number of rotatable bonds is 43. The fourth-order valence-corrected chi connectivity index (χ4v) is 11.7. The summed E-state index contributed by atoms with van der Waals surface area (Å²) in [5, 5.41) is 5.63. The molecule has 0 heterocycles. The van der Waals surface area contributed by atoms with Crippen LogP contribution in [0.15, 0.2) is 0 Å². The van der Waals surface area contributed by atoms with Gasteiger partial charge in [-0.2, -0.15) is 0 Å². The minimum atomic E-state index is -0.957. The van der Waals surface area contributed by atoms with Crippen molar-refractivity contribution in [1.82, 2.24) is 10.6 Å². The van der Waals surface area contributed by atoms with Gasteiger partial charge in [0.2, 0.25) is 11.8 Å². The molecule has 8 nitrogen and oxygen atoms in total. The van der Waals surface area contributed by atoms with Crippen molar-refractivity contribution in [2.45, 2.75) is 283 Å². The van der Waals surface area contributed by atoms with Crippen LogP contribution in [-0.4, -0.2) is 49.6 Å². The van der Waals surface area contributed by atoms with E-state index >= 15 is 0 Å². The van der Waals surface area contributed by atoms with E-state index in [2.05, 4.69) is 24.5 Å². The molecule has 63 heavy (non-hydrogen) atoms. The Kier molecular flexibility index (Phi) is 31.6. The largest absolute Gasteiger partial charge is 0.466 e. The molecular formula is C55H100N2O6. The summed E-state index contributed by atoms with van der Waals surface area (Å²) in [5.41, 5.74) is 0.0981. The second kappa shape index (κ2) is 36.1. The number of unbranched alkanes of at least 4 members (excludes halogenated alkanes) is 30. The molecule has 0 saturated heterocycles. The van der Waals surface area contributed by atoms with Crippen molar-refractivity contribution in [3.8, 4) is 0 Å². The molecule has 4 aliphatic rings. The summed E-state index contributed by atoms with van der Waals surface area (Å²) >= 11 is 0. The highest BCUT2D eigenvalue weighted by Gasteiger charge is 2.51. The van der Waals surface area contributed by atoms with Crippen LogP contribution in [0.5, 0.6) is 0 Å². The van der Waals surface area contributed by atoms with E-state index in [1.807, 2.05) is 0 Å². The molecule has 0 radical (unpaired) electrons. The Hall–Kier alpha value is -2.12. The third-order valence-corrected chi connectivity index (χ3v) is 14.9. The van der Waals surface area contributed by atoms with Crippen LogP contribution in [0.3, 0.4) is 0 Å². The topological polar surface area (TPSA) is 111 Å². The monoisotopic (exact) mass is 885 g/mol. The number of hydrogen-bond acceptors (Lipinski definition) is 6.